The maximum absolute atomic E-state index is 12.1. The molecule has 1 rings (SSSR count). The Morgan fingerprint density at radius 2 is 2.00 bits per heavy atom. The van der Waals surface area contributed by atoms with Crippen LogP contribution in [0.1, 0.15) is 33.6 Å². The van der Waals surface area contributed by atoms with E-state index in [9.17, 15) is 9.59 Å². The molecule has 2 N–H and O–H groups in total. The number of hydrogen-bond acceptors (Lipinski definition) is 3. The molecule has 0 aromatic rings. The molecule has 0 aromatic carbocycles. The zero-order valence-corrected chi connectivity index (χ0v) is 11.1. The highest BCUT2D eigenvalue weighted by Gasteiger charge is 2.31. The van der Waals surface area contributed by atoms with Gasteiger partial charge in [-0.2, -0.15) is 5.26 Å². The summed E-state index contributed by atoms with van der Waals surface area (Å²) < 4.78 is 0. The summed E-state index contributed by atoms with van der Waals surface area (Å²) in [6.45, 7) is 5.92. The third-order valence-electron chi connectivity index (χ3n) is 2.82. The van der Waals surface area contributed by atoms with Gasteiger partial charge in [0, 0.05) is 12.6 Å². The number of hydrogen-bond donors (Lipinski definition) is 2. The fourth-order valence-electron chi connectivity index (χ4n) is 1.98. The van der Waals surface area contributed by atoms with Crippen LogP contribution < -0.4 is 10.6 Å². The van der Waals surface area contributed by atoms with E-state index in [2.05, 4.69) is 16.7 Å². The van der Waals surface area contributed by atoms with E-state index in [1.54, 1.807) is 11.8 Å². The minimum Gasteiger partial charge on any atom is -0.336 e. The molecule has 1 aliphatic heterocycles. The highest BCUT2D eigenvalue weighted by Crippen LogP contribution is 2.17. The second-order valence-electron chi connectivity index (χ2n) is 4.81. The van der Waals surface area contributed by atoms with E-state index < -0.39 is 6.04 Å². The van der Waals surface area contributed by atoms with Crippen LogP contribution in [0.4, 0.5) is 4.79 Å². The fourth-order valence-corrected chi connectivity index (χ4v) is 1.98. The van der Waals surface area contributed by atoms with E-state index in [0.717, 1.165) is 6.42 Å². The van der Waals surface area contributed by atoms with Crippen molar-refractivity contribution in [2.45, 2.75) is 51.7 Å². The Hall–Kier alpha value is -1.77. The van der Waals surface area contributed by atoms with Crippen molar-refractivity contribution in [2.24, 2.45) is 0 Å². The summed E-state index contributed by atoms with van der Waals surface area (Å²) in [6.07, 6.45) is 1.56. The van der Waals surface area contributed by atoms with Gasteiger partial charge in [-0.25, -0.2) is 4.79 Å². The first-order valence-corrected chi connectivity index (χ1v) is 6.22. The molecule has 1 aliphatic rings. The smallest absolute Gasteiger partial charge is 0.315 e. The molecule has 1 saturated heterocycles. The second kappa shape index (κ2) is 6.24. The van der Waals surface area contributed by atoms with Crippen molar-refractivity contribution in [2.75, 3.05) is 6.54 Å². The van der Waals surface area contributed by atoms with E-state index >= 15 is 0 Å². The Morgan fingerprint density at radius 1 is 1.33 bits per heavy atom. The zero-order valence-electron chi connectivity index (χ0n) is 11.1. The summed E-state index contributed by atoms with van der Waals surface area (Å²) >= 11 is 0. The molecular formula is C12H20N4O2. The molecule has 1 fully saturated rings. The monoisotopic (exact) mass is 252 g/mol. The predicted octanol–water partition coefficient (Wildman–Crippen LogP) is 0.597. The van der Waals surface area contributed by atoms with Gasteiger partial charge in [0.05, 0.1) is 6.07 Å². The molecule has 6 heteroatoms. The average molecular weight is 252 g/mol. The Bertz CT molecular complexity index is 362. The maximum Gasteiger partial charge on any atom is 0.315 e. The van der Waals surface area contributed by atoms with Gasteiger partial charge in [0.15, 0.2) is 0 Å². The number of amides is 3. The van der Waals surface area contributed by atoms with Gasteiger partial charge < -0.3 is 15.5 Å². The first kappa shape index (κ1) is 14.3. The molecule has 1 heterocycles. The SMILES string of the molecule is CC(C)NC(=O)N[C@@H](C)C(=O)N1CCC[C@H]1C#N. The summed E-state index contributed by atoms with van der Waals surface area (Å²) in [6, 6.07) is 0.804. The van der Waals surface area contributed by atoms with Crippen LogP contribution in [0.15, 0.2) is 0 Å². The molecule has 0 aromatic heterocycles. The number of nitriles is 1. The first-order valence-electron chi connectivity index (χ1n) is 6.22. The van der Waals surface area contributed by atoms with Gasteiger partial charge in [-0.1, -0.05) is 0 Å². The molecule has 3 amide bonds. The van der Waals surface area contributed by atoms with Crippen LogP contribution in [0.3, 0.4) is 0 Å². The Morgan fingerprint density at radius 3 is 2.56 bits per heavy atom. The first-order chi connectivity index (χ1) is 8.45. The summed E-state index contributed by atoms with van der Waals surface area (Å²) in [7, 11) is 0. The van der Waals surface area contributed by atoms with Crippen molar-refractivity contribution < 1.29 is 9.59 Å². The van der Waals surface area contributed by atoms with Gasteiger partial charge >= 0.3 is 6.03 Å². The van der Waals surface area contributed by atoms with Crippen LogP contribution in [0.25, 0.3) is 0 Å². The minimum atomic E-state index is -0.613. The maximum atomic E-state index is 12.1. The topological polar surface area (TPSA) is 85.2 Å². The molecule has 0 saturated carbocycles. The zero-order chi connectivity index (χ0) is 13.7. The largest absolute Gasteiger partial charge is 0.336 e. The van der Waals surface area contributed by atoms with Crippen molar-refractivity contribution in [1.29, 1.82) is 5.26 Å². The Balaban J connectivity index is 2.51. The van der Waals surface area contributed by atoms with Gasteiger partial charge in [-0.05, 0) is 33.6 Å². The summed E-state index contributed by atoms with van der Waals surface area (Å²) in [5.74, 6) is -0.196. The lowest BCUT2D eigenvalue weighted by Crippen LogP contribution is -2.51. The van der Waals surface area contributed by atoms with Crippen molar-refractivity contribution in [3.63, 3.8) is 0 Å². The number of urea groups is 1. The van der Waals surface area contributed by atoms with Crippen LogP contribution in [0, 0.1) is 11.3 Å². The van der Waals surface area contributed by atoms with Crippen LogP contribution in [-0.2, 0) is 4.79 Å². The van der Waals surface area contributed by atoms with Gasteiger partial charge in [-0.3, -0.25) is 4.79 Å². The van der Waals surface area contributed by atoms with Gasteiger partial charge in [-0.15, -0.1) is 0 Å². The summed E-state index contributed by atoms with van der Waals surface area (Å²) in [5, 5.41) is 14.2. The fraction of sp³-hybridized carbons (Fsp3) is 0.750. The predicted molar refractivity (Wildman–Crippen MR) is 66.6 cm³/mol. The van der Waals surface area contributed by atoms with Gasteiger partial charge in [0.25, 0.3) is 0 Å². The third-order valence-corrected chi connectivity index (χ3v) is 2.82. The van der Waals surface area contributed by atoms with E-state index in [0.29, 0.717) is 13.0 Å². The lowest BCUT2D eigenvalue weighted by molar-refractivity contribution is -0.132. The summed E-state index contributed by atoms with van der Waals surface area (Å²) in [5.41, 5.74) is 0. The van der Waals surface area contributed by atoms with E-state index in [4.69, 9.17) is 5.26 Å². The van der Waals surface area contributed by atoms with E-state index in [-0.39, 0.29) is 24.0 Å². The van der Waals surface area contributed by atoms with Crippen LogP contribution in [0.2, 0.25) is 0 Å². The molecule has 6 nitrogen and oxygen atoms in total. The number of nitrogens with one attached hydrogen (secondary N) is 2. The van der Waals surface area contributed by atoms with Crippen molar-refractivity contribution in [3.8, 4) is 6.07 Å². The Labute approximate surface area is 107 Å². The average Bonchev–Trinajstić information content (AvgIpc) is 2.74. The van der Waals surface area contributed by atoms with Crippen LogP contribution in [-0.4, -0.2) is 41.5 Å². The highest BCUT2D eigenvalue weighted by molar-refractivity contribution is 5.87. The highest BCUT2D eigenvalue weighted by atomic mass is 16.2. The lowest BCUT2D eigenvalue weighted by atomic mass is 10.2. The molecule has 18 heavy (non-hydrogen) atoms. The molecule has 2 atom stereocenters. The molecular weight excluding hydrogens is 232 g/mol. The van der Waals surface area contributed by atoms with Crippen LogP contribution >= 0.6 is 0 Å². The lowest BCUT2D eigenvalue weighted by Gasteiger charge is -2.24. The molecule has 0 radical (unpaired) electrons. The Kier molecular flexibility index (Phi) is 4.95. The van der Waals surface area contributed by atoms with Crippen molar-refractivity contribution in [1.82, 2.24) is 15.5 Å². The van der Waals surface area contributed by atoms with Gasteiger partial charge in [0.1, 0.15) is 12.1 Å². The van der Waals surface area contributed by atoms with Crippen molar-refractivity contribution in [3.05, 3.63) is 0 Å². The molecule has 100 valence electrons. The van der Waals surface area contributed by atoms with Crippen LogP contribution in [0.5, 0.6) is 0 Å². The standard InChI is InChI=1S/C12H20N4O2/c1-8(2)14-12(18)15-9(3)11(17)16-6-4-5-10(16)7-13/h8-10H,4-6H2,1-3H3,(H2,14,15,18)/t9-,10-/m0/s1. The minimum absolute atomic E-state index is 0.0194. The normalized spacial score (nSPS) is 20.4. The van der Waals surface area contributed by atoms with E-state index in [1.165, 1.54) is 0 Å². The number of rotatable bonds is 3. The number of nitrogens with zero attached hydrogens (tertiary/aromatic N) is 2. The number of likely N-dealkylation sites (tertiary alicyclic amines) is 1. The third kappa shape index (κ3) is 3.62. The molecule has 0 aliphatic carbocycles. The molecule has 0 unspecified atom stereocenters. The molecule has 0 spiro atoms. The number of carbonyl (C=O) groups excluding carboxylic acids is 2. The molecule has 0 bridgehead atoms. The quantitative estimate of drug-likeness (QED) is 0.771. The number of carbonyl (C=O) groups is 2. The van der Waals surface area contributed by atoms with E-state index in [1.807, 2.05) is 13.8 Å². The second-order valence-corrected chi connectivity index (χ2v) is 4.81. The van der Waals surface area contributed by atoms with Crippen molar-refractivity contribution >= 4 is 11.9 Å². The van der Waals surface area contributed by atoms with Gasteiger partial charge in [0.2, 0.25) is 5.91 Å². The summed E-state index contributed by atoms with van der Waals surface area (Å²) in [4.78, 5) is 25.1.